The van der Waals surface area contributed by atoms with Gasteiger partial charge < -0.3 is 4.18 Å². The highest BCUT2D eigenvalue weighted by Gasteiger charge is 2.37. The number of rotatable bonds is 6. The lowest BCUT2D eigenvalue weighted by atomic mass is 10.1. The van der Waals surface area contributed by atoms with E-state index in [0.29, 0.717) is 36.5 Å². The van der Waals surface area contributed by atoms with Gasteiger partial charge in [-0.2, -0.15) is 39.9 Å². The summed E-state index contributed by atoms with van der Waals surface area (Å²) in [6.07, 6.45) is -9.55. The van der Waals surface area contributed by atoms with E-state index in [9.17, 15) is 43.9 Å². The first-order valence-electron chi connectivity index (χ1n) is 9.60. The molecule has 3 aromatic rings. The van der Waals surface area contributed by atoms with Gasteiger partial charge in [0.2, 0.25) is 0 Å². The highest BCUT2D eigenvalue weighted by molar-refractivity contribution is 7.87. The highest BCUT2D eigenvalue weighted by atomic mass is 32.2. The van der Waals surface area contributed by atoms with E-state index in [-0.39, 0.29) is 5.75 Å². The summed E-state index contributed by atoms with van der Waals surface area (Å²) in [7, 11) is -4.72. The number of para-hydroxylation sites is 1. The van der Waals surface area contributed by atoms with Gasteiger partial charge in [-0.05, 0) is 42.5 Å². The molecule has 36 heavy (non-hydrogen) atoms. The predicted molar refractivity (Wildman–Crippen MR) is 112 cm³/mol. The van der Waals surface area contributed by atoms with Crippen molar-refractivity contribution >= 4 is 22.2 Å². The Morgan fingerprint density at radius 2 is 1.56 bits per heavy atom. The van der Waals surface area contributed by atoms with E-state index in [2.05, 4.69) is 5.10 Å². The third kappa shape index (κ3) is 6.19. The van der Waals surface area contributed by atoms with Crippen LogP contribution < -0.4 is 9.61 Å². The third-order valence-electron chi connectivity index (χ3n) is 4.47. The van der Waals surface area contributed by atoms with Crippen LogP contribution in [0.25, 0.3) is 0 Å². The van der Waals surface area contributed by atoms with Gasteiger partial charge in [0.15, 0.2) is 0 Å². The molecular weight excluding hydrogens is 521 g/mol. The molecule has 0 spiro atoms. The van der Waals surface area contributed by atoms with E-state index < -0.39 is 61.3 Å². The van der Waals surface area contributed by atoms with Crippen molar-refractivity contribution in [3.63, 3.8) is 0 Å². The summed E-state index contributed by atoms with van der Waals surface area (Å²) in [6, 6.07) is 10.1. The smallest absolute Gasteiger partial charge is 0.379 e. The van der Waals surface area contributed by atoms with Crippen LogP contribution in [0.5, 0.6) is 5.75 Å². The Kier molecular flexibility index (Phi) is 7.38. The molecule has 0 heterocycles. The van der Waals surface area contributed by atoms with Crippen molar-refractivity contribution in [2.24, 2.45) is 5.10 Å². The minimum atomic E-state index is -5.10. The van der Waals surface area contributed by atoms with Crippen LogP contribution in [0.3, 0.4) is 0 Å². The number of nitrogens with zero attached hydrogens (tertiary/aromatic N) is 1. The minimum Gasteiger partial charge on any atom is -0.379 e. The van der Waals surface area contributed by atoms with Crippen LogP contribution >= 0.6 is 0 Å². The molecule has 0 radical (unpaired) electrons. The predicted octanol–water partition coefficient (Wildman–Crippen LogP) is 5.39. The average molecular weight is 534 g/mol. The summed E-state index contributed by atoms with van der Waals surface area (Å²) < 4.78 is 123. The van der Waals surface area contributed by atoms with Gasteiger partial charge in [0.1, 0.15) is 16.5 Å². The molecule has 14 heteroatoms. The molecule has 0 aliphatic rings. The monoisotopic (exact) mass is 534 g/mol. The first-order valence-corrected chi connectivity index (χ1v) is 11.0. The lowest BCUT2D eigenvalue weighted by molar-refractivity contribution is -0.138. The van der Waals surface area contributed by atoms with Gasteiger partial charge in [-0.1, -0.05) is 24.3 Å². The van der Waals surface area contributed by atoms with E-state index in [1.54, 1.807) is 11.5 Å². The molecule has 0 saturated carbocycles. The van der Waals surface area contributed by atoms with E-state index in [1.807, 2.05) is 0 Å². The summed E-state index contributed by atoms with van der Waals surface area (Å²) in [4.78, 5) is 11.4. The molecule has 0 aliphatic carbocycles. The lowest BCUT2D eigenvalue weighted by Crippen LogP contribution is -2.24. The summed E-state index contributed by atoms with van der Waals surface area (Å²) in [6.45, 7) is 0. The first kappa shape index (κ1) is 26.7. The molecule has 0 fully saturated rings. The molecule has 1 amide bonds. The Bertz CT molecular complexity index is 1400. The van der Waals surface area contributed by atoms with Gasteiger partial charge >= 0.3 is 22.5 Å². The Hall–Kier alpha value is -3.94. The van der Waals surface area contributed by atoms with E-state index in [0.717, 1.165) is 6.07 Å². The molecule has 190 valence electrons. The highest BCUT2D eigenvalue weighted by Crippen LogP contribution is 2.33. The summed E-state index contributed by atoms with van der Waals surface area (Å²) in [5.74, 6) is -3.36. The topological polar surface area (TPSA) is 84.8 Å². The number of hydrogen-bond donors (Lipinski definition) is 1. The maximum atomic E-state index is 14.0. The second-order valence-corrected chi connectivity index (χ2v) is 8.47. The zero-order chi connectivity index (χ0) is 26.7. The zero-order valence-corrected chi connectivity index (χ0v) is 18.4. The van der Waals surface area contributed by atoms with E-state index in [4.69, 9.17) is 4.18 Å². The van der Waals surface area contributed by atoms with Crippen molar-refractivity contribution in [2.45, 2.75) is 17.2 Å². The lowest BCUT2D eigenvalue weighted by Gasteiger charge is -2.13. The van der Waals surface area contributed by atoms with Crippen molar-refractivity contribution in [3.05, 3.63) is 94.8 Å². The van der Waals surface area contributed by atoms with Gasteiger partial charge in [-0.25, -0.2) is 9.82 Å². The second kappa shape index (κ2) is 9.97. The van der Waals surface area contributed by atoms with Crippen LogP contribution in [0.2, 0.25) is 0 Å². The zero-order valence-electron chi connectivity index (χ0n) is 17.6. The molecule has 0 saturated heterocycles. The molecule has 0 aliphatic heterocycles. The molecule has 0 bridgehead atoms. The quantitative estimate of drug-likeness (QED) is 0.199. The Balaban J connectivity index is 1.98. The number of carbonyl (C=O) groups is 1. The fraction of sp³-hybridized carbons (Fsp3) is 0.0909. The molecule has 6 nitrogen and oxygen atoms in total. The maximum absolute atomic E-state index is 14.0. The normalized spacial score (nSPS) is 12.5. The van der Waals surface area contributed by atoms with Crippen molar-refractivity contribution < 1.29 is 48.1 Å². The average Bonchev–Trinajstić information content (AvgIpc) is 2.78. The number of nitrogens with one attached hydrogen (secondary N) is 1. The molecule has 1 N–H and O–H groups in total. The van der Waals surface area contributed by atoms with E-state index >= 15 is 0 Å². The number of hydrazone groups is 1. The largest absolute Gasteiger partial charge is 0.417 e. The number of hydrogen-bond acceptors (Lipinski definition) is 5. The van der Waals surface area contributed by atoms with Crippen LogP contribution in [-0.2, 0) is 22.5 Å². The maximum Gasteiger partial charge on any atom is 0.417 e. The standard InChI is InChI=1S/C22H13F7N2O4S/c23-17-8-4-7-16(22(27,28)29)19(17)20(32)31-30-12-13-11-14(21(24,25)26)9-10-18(13)36(33,34)35-15-5-2-1-3-6-15/h1-12H,(H,31,32). The molecule has 0 aromatic heterocycles. The molecule has 0 atom stereocenters. The van der Waals surface area contributed by atoms with Crippen molar-refractivity contribution in [2.75, 3.05) is 0 Å². The third-order valence-corrected chi connectivity index (χ3v) is 5.79. The van der Waals surface area contributed by atoms with Gasteiger partial charge in [0, 0.05) is 5.56 Å². The molecule has 0 unspecified atom stereocenters. The van der Waals surface area contributed by atoms with Crippen LogP contribution in [0, 0.1) is 5.82 Å². The summed E-state index contributed by atoms with van der Waals surface area (Å²) >= 11 is 0. The van der Waals surface area contributed by atoms with Gasteiger partial charge in [-0.3, -0.25) is 4.79 Å². The first-order chi connectivity index (χ1) is 16.7. The van der Waals surface area contributed by atoms with Crippen LogP contribution in [0.1, 0.15) is 27.0 Å². The number of alkyl halides is 6. The van der Waals surface area contributed by atoms with Crippen molar-refractivity contribution in [3.8, 4) is 5.75 Å². The Morgan fingerprint density at radius 3 is 2.17 bits per heavy atom. The fourth-order valence-electron chi connectivity index (χ4n) is 2.91. The molecule has 3 rings (SSSR count). The fourth-order valence-corrected chi connectivity index (χ4v) is 4.00. The SMILES string of the molecule is O=C(NN=Cc1cc(C(F)(F)F)ccc1S(=O)(=O)Oc1ccccc1)c1c(F)cccc1C(F)(F)F. The van der Waals surface area contributed by atoms with Crippen LogP contribution in [0.4, 0.5) is 30.7 Å². The van der Waals surface area contributed by atoms with Crippen molar-refractivity contribution in [1.82, 2.24) is 5.43 Å². The number of carbonyl (C=O) groups excluding carboxylic acids is 1. The van der Waals surface area contributed by atoms with Gasteiger partial charge in [0.25, 0.3) is 5.91 Å². The number of amides is 1. The minimum absolute atomic E-state index is 0.159. The number of halogens is 7. The molecular formula is C22H13F7N2O4S. The Morgan fingerprint density at radius 1 is 0.889 bits per heavy atom. The Labute approximate surface area is 199 Å². The van der Waals surface area contributed by atoms with Crippen molar-refractivity contribution in [1.29, 1.82) is 0 Å². The number of benzene rings is 3. The van der Waals surface area contributed by atoms with E-state index in [1.165, 1.54) is 24.3 Å². The summed E-state index contributed by atoms with van der Waals surface area (Å²) in [5.41, 5.74) is -3.47. The van der Waals surface area contributed by atoms with Gasteiger partial charge in [0.05, 0.1) is 22.9 Å². The van der Waals surface area contributed by atoms with Crippen LogP contribution in [-0.4, -0.2) is 20.5 Å². The molecule has 3 aromatic carbocycles. The second-order valence-electron chi connectivity index (χ2n) is 6.96. The van der Waals surface area contributed by atoms with Gasteiger partial charge in [-0.15, -0.1) is 0 Å². The summed E-state index contributed by atoms with van der Waals surface area (Å²) in [5, 5.41) is 3.24. The van der Waals surface area contributed by atoms with Crippen LogP contribution in [0.15, 0.2) is 76.7 Å².